The lowest BCUT2D eigenvalue weighted by Gasteiger charge is -2.20. The molecule has 0 radical (unpaired) electrons. The van der Waals surface area contributed by atoms with Gasteiger partial charge in [-0.15, -0.1) is 43.1 Å². The fourth-order valence-corrected chi connectivity index (χ4v) is 9.45. The smallest absolute Gasteiger partial charge is 0.279 e. The van der Waals surface area contributed by atoms with Crippen molar-refractivity contribution in [2.45, 2.75) is 26.1 Å². The Morgan fingerprint density at radius 2 is 1.01 bits per heavy atom. The van der Waals surface area contributed by atoms with E-state index in [0.29, 0.717) is 45.5 Å². The van der Waals surface area contributed by atoms with Gasteiger partial charge in [-0.25, -0.2) is 5.06 Å². The van der Waals surface area contributed by atoms with Gasteiger partial charge < -0.3 is 37.3 Å². The molecular formula is C50H49Br2N5O11S2. The predicted octanol–water partition coefficient (Wildman–Crippen LogP) is 12.1. The monoisotopic (exact) mass is 1120 g/mol. The molecule has 4 aromatic heterocycles. The quantitative estimate of drug-likeness (QED) is 0.0658. The first kappa shape index (κ1) is 53.1. The number of aryl methyl sites for hydroxylation is 2. The van der Waals surface area contributed by atoms with Gasteiger partial charge in [-0.05, 0) is 126 Å². The first-order valence-electron chi connectivity index (χ1n) is 21.0. The number of nitrogens with zero attached hydrogens (tertiary/aromatic N) is 5. The van der Waals surface area contributed by atoms with Gasteiger partial charge in [-0.1, -0.05) is 30.3 Å². The Bertz CT molecular complexity index is 2930. The minimum absolute atomic E-state index is 0.119. The molecule has 0 aliphatic carbocycles. The van der Waals surface area contributed by atoms with Crippen molar-refractivity contribution < 1.29 is 51.7 Å². The van der Waals surface area contributed by atoms with Gasteiger partial charge in [0, 0.05) is 56.0 Å². The van der Waals surface area contributed by atoms with E-state index in [4.69, 9.17) is 42.1 Å². The summed E-state index contributed by atoms with van der Waals surface area (Å²) in [6, 6.07) is 30.1. The standard InChI is InChI=1S/C24H21BrN2O5S.C14H17N3O4.C12H11BrO2S/c1-13-26-27-24(32-13)15-7-5-14(6-8-15)23(31-4)22(28)20-10-9-19(33-20)16-11-17(29-2)21(25)18(12-16)30-3;1-9-15-16-13(21-9)11-7-5-10(6-8-11)12(19-3)14(18)17(2)20-4;1-14-9-6-8(11-4-3-5-16-11)7-10(15-2)12(9)13/h5-12,23H,1-4H3;5-8,12H,1-4H3;3-7H,1-2H3. The van der Waals surface area contributed by atoms with Crippen molar-refractivity contribution in [1.82, 2.24) is 25.5 Å². The van der Waals surface area contributed by atoms with Gasteiger partial charge in [-0.2, -0.15) is 0 Å². The second-order valence-corrected chi connectivity index (χ2v) is 18.3. The van der Waals surface area contributed by atoms with Crippen LogP contribution in [0.4, 0.5) is 0 Å². The van der Waals surface area contributed by atoms with E-state index in [9.17, 15) is 9.59 Å². The number of carbonyl (C=O) groups is 2. The number of benzene rings is 4. The molecule has 0 fully saturated rings. The number of methoxy groups -OCH3 is 6. The van der Waals surface area contributed by atoms with Crippen LogP contribution in [0.1, 0.15) is 44.8 Å². The molecule has 20 heteroatoms. The fourth-order valence-electron chi connectivity index (χ4n) is 6.68. The van der Waals surface area contributed by atoms with Gasteiger partial charge in [0.25, 0.3) is 5.91 Å². The third-order valence-corrected chi connectivity index (χ3v) is 14.0. The number of aromatic nitrogens is 4. The highest BCUT2D eigenvalue weighted by molar-refractivity contribution is 9.11. The van der Waals surface area contributed by atoms with Gasteiger partial charge in [-0.3, -0.25) is 14.4 Å². The molecule has 0 saturated carbocycles. The van der Waals surface area contributed by atoms with Crippen LogP contribution in [0.3, 0.4) is 0 Å². The third-order valence-electron chi connectivity index (χ3n) is 10.3. The Balaban J connectivity index is 0.000000186. The largest absolute Gasteiger partial charge is 0.495 e. The van der Waals surface area contributed by atoms with E-state index >= 15 is 0 Å². The molecule has 0 spiro atoms. The summed E-state index contributed by atoms with van der Waals surface area (Å²) >= 11 is 10.0. The summed E-state index contributed by atoms with van der Waals surface area (Å²) in [7, 11) is 12.4. The zero-order chi connectivity index (χ0) is 50.5. The molecule has 0 N–H and O–H groups in total. The van der Waals surface area contributed by atoms with Gasteiger partial charge in [0.15, 0.2) is 6.10 Å². The van der Waals surface area contributed by atoms with Crippen LogP contribution in [-0.4, -0.2) is 94.0 Å². The molecule has 0 bridgehead atoms. The summed E-state index contributed by atoms with van der Waals surface area (Å²) in [6.07, 6.45) is -1.46. The van der Waals surface area contributed by atoms with Crippen LogP contribution < -0.4 is 18.9 Å². The number of hydrogen-bond donors (Lipinski definition) is 0. The Morgan fingerprint density at radius 3 is 1.39 bits per heavy atom. The maximum Gasteiger partial charge on any atom is 0.279 e. The normalized spacial score (nSPS) is 11.6. The number of rotatable bonds is 16. The number of hydroxylamine groups is 2. The number of carbonyl (C=O) groups excluding carboxylic acids is 2. The molecule has 0 saturated heterocycles. The molecule has 4 aromatic carbocycles. The molecule has 0 aliphatic heterocycles. The second kappa shape index (κ2) is 25.0. The highest BCUT2D eigenvalue weighted by Crippen LogP contribution is 2.42. The molecule has 1 amide bonds. The van der Waals surface area contributed by atoms with Crippen LogP contribution >= 0.6 is 54.5 Å². The number of hydrogen-bond acceptors (Lipinski definition) is 17. The minimum atomic E-state index is -0.732. The summed E-state index contributed by atoms with van der Waals surface area (Å²) in [5.41, 5.74) is 5.01. The molecule has 0 aliphatic rings. The number of Topliss-reactive ketones (excluding diaryl/α,β-unsaturated/α-hetero) is 1. The topological polar surface area (TPSA) is 180 Å². The van der Waals surface area contributed by atoms with Crippen molar-refractivity contribution in [2.24, 2.45) is 0 Å². The summed E-state index contributed by atoms with van der Waals surface area (Å²) in [5.74, 6) is 4.32. The van der Waals surface area contributed by atoms with Crippen molar-refractivity contribution in [3.63, 3.8) is 0 Å². The highest BCUT2D eigenvalue weighted by atomic mass is 79.9. The van der Waals surface area contributed by atoms with Crippen LogP contribution in [0.15, 0.2) is 120 Å². The highest BCUT2D eigenvalue weighted by Gasteiger charge is 2.26. The number of likely N-dealkylation sites (N-methyl/N-ethyl adjacent to an activating group) is 1. The second-order valence-electron chi connectivity index (χ2n) is 14.6. The van der Waals surface area contributed by atoms with Gasteiger partial charge in [0.1, 0.15) is 38.0 Å². The third kappa shape index (κ3) is 12.7. The van der Waals surface area contributed by atoms with Crippen molar-refractivity contribution in [2.75, 3.05) is 56.8 Å². The maximum atomic E-state index is 13.3. The van der Waals surface area contributed by atoms with E-state index in [0.717, 1.165) is 58.2 Å². The maximum absolute atomic E-state index is 13.3. The molecule has 70 heavy (non-hydrogen) atoms. The van der Waals surface area contributed by atoms with Crippen molar-refractivity contribution in [1.29, 1.82) is 0 Å². The molecule has 2 atom stereocenters. The number of thiophene rings is 2. The molecule has 8 rings (SSSR count). The first-order valence-corrected chi connectivity index (χ1v) is 24.2. The lowest BCUT2D eigenvalue weighted by Crippen LogP contribution is -2.31. The Labute approximate surface area is 429 Å². The summed E-state index contributed by atoms with van der Waals surface area (Å²) in [5, 5.41) is 18.8. The van der Waals surface area contributed by atoms with E-state index in [2.05, 4.69) is 63.7 Å². The van der Waals surface area contributed by atoms with E-state index in [-0.39, 0.29) is 11.7 Å². The zero-order valence-electron chi connectivity index (χ0n) is 39.8. The van der Waals surface area contributed by atoms with E-state index in [1.54, 1.807) is 77.9 Å². The van der Waals surface area contributed by atoms with Crippen molar-refractivity contribution >= 4 is 66.2 Å². The van der Waals surface area contributed by atoms with Crippen molar-refractivity contribution in [3.8, 4) is 66.8 Å². The molecule has 366 valence electrons. The minimum Gasteiger partial charge on any atom is -0.495 e. The first-order chi connectivity index (χ1) is 33.8. The molecular weight excluding hydrogens is 1070 g/mol. The molecule has 4 heterocycles. The van der Waals surface area contributed by atoms with Crippen molar-refractivity contribution in [3.05, 3.63) is 139 Å². The van der Waals surface area contributed by atoms with E-state index in [1.807, 2.05) is 66.7 Å². The number of ether oxygens (including phenoxy) is 6. The van der Waals surface area contributed by atoms with Gasteiger partial charge in [0.05, 0.1) is 40.4 Å². The molecule has 8 aromatic rings. The molecule has 2 unspecified atom stereocenters. The lowest BCUT2D eigenvalue weighted by atomic mass is 10.0. The summed E-state index contributed by atoms with van der Waals surface area (Å²) < 4.78 is 44.7. The Hall–Kier alpha value is -6.26. The Morgan fingerprint density at radius 1 is 0.571 bits per heavy atom. The van der Waals surface area contributed by atoms with Gasteiger partial charge >= 0.3 is 0 Å². The van der Waals surface area contributed by atoms with Crippen LogP contribution in [0, 0.1) is 13.8 Å². The predicted molar refractivity (Wildman–Crippen MR) is 274 cm³/mol. The van der Waals surface area contributed by atoms with E-state index < -0.39 is 12.2 Å². The summed E-state index contributed by atoms with van der Waals surface area (Å²) in [6.45, 7) is 3.46. The van der Waals surface area contributed by atoms with Crippen LogP contribution in [0.5, 0.6) is 23.0 Å². The van der Waals surface area contributed by atoms with Gasteiger partial charge in [0.2, 0.25) is 29.3 Å². The fraction of sp³-hybridized carbons (Fsp3) is 0.240. The number of amides is 1. The van der Waals surface area contributed by atoms with E-state index in [1.165, 1.54) is 44.6 Å². The average Bonchev–Trinajstić information content (AvgIpc) is 4.25. The van der Waals surface area contributed by atoms with Crippen LogP contribution in [0.25, 0.3) is 43.8 Å². The average molecular weight is 1120 g/mol. The summed E-state index contributed by atoms with van der Waals surface area (Å²) in [4.78, 5) is 33.0. The lowest BCUT2D eigenvalue weighted by molar-refractivity contribution is -0.179. The zero-order valence-corrected chi connectivity index (χ0v) is 44.6. The van der Waals surface area contributed by atoms with Crippen LogP contribution in [-0.2, 0) is 19.1 Å². The number of ketones is 1. The number of halogens is 2. The SMILES string of the molecule is COC(C(=O)N(C)OC)c1ccc(-c2nnc(C)o2)cc1.COc1cc(-c2ccc(C(=O)C(OC)c3ccc(-c4nnc(C)o4)cc3)s2)cc(OC)c1Br.COc1cc(-c2cccs2)cc(OC)c1Br. The Kier molecular flexibility index (Phi) is 19.0. The van der Waals surface area contributed by atoms with Crippen LogP contribution in [0.2, 0.25) is 0 Å². The molecule has 16 nitrogen and oxygen atoms in total.